The Kier molecular flexibility index (Phi) is 3.90. The number of aryl methyl sites for hydroxylation is 1. The van der Waals surface area contributed by atoms with Crippen LogP contribution in [-0.2, 0) is 6.42 Å². The molecule has 1 unspecified atom stereocenters. The van der Waals surface area contributed by atoms with Crippen LogP contribution in [0.25, 0.3) is 0 Å². The molecule has 0 bridgehead atoms. The van der Waals surface area contributed by atoms with Gasteiger partial charge in [-0.3, -0.25) is 0 Å². The molecule has 1 aliphatic carbocycles. The summed E-state index contributed by atoms with van der Waals surface area (Å²) >= 11 is 9.50. The first-order valence-electron chi connectivity index (χ1n) is 6.67. The Morgan fingerprint density at radius 3 is 2.85 bits per heavy atom. The van der Waals surface area contributed by atoms with Crippen molar-refractivity contribution in [2.45, 2.75) is 25.3 Å². The molecule has 104 valence electrons. The Morgan fingerprint density at radius 2 is 2.05 bits per heavy atom. The number of hydrogen-bond acceptors (Lipinski definition) is 2. The van der Waals surface area contributed by atoms with Gasteiger partial charge >= 0.3 is 0 Å². The lowest BCUT2D eigenvalue weighted by atomic mass is 9.87. The molecule has 1 atom stereocenters. The van der Waals surface area contributed by atoms with Gasteiger partial charge in [0.25, 0.3) is 0 Å². The van der Waals surface area contributed by atoms with E-state index in [1.165, 1.54) is 11.1 Å². The zero-order valence-electron chi connectivity index (χ0n) is 10.9. The van der Waals surface area contributed by atoms with Crippen LogP contribution in [0.15, 0.2) is 40.9 Å². The minimum Gasteiger partial charge on any atom is -0.508 e. The molecule has 0 amide bonds. The smallest absolute Gasteiger partial charge is 0.115 e. The summed E-state index contributed by atoms with van der Waals surface area (Å²) in [7, 11) is 0. The maximum Gasteiger partial charge on any atom is 0.115 e. The number of hydrogen-bond donors (Lipinski definition) is 2. The minimum atomic E-state index is 0.225. The quantitative estimate of drug-likeness (QED) is 0.769. The summed E-state index contributed by atoms with van der Waals surface area (Å²) in [6.45, 7) is 0. The van der Waals surface area contributed by atoms with Gasteiger partial charge < -0.3 is 10.4 Å². The fourth-order valence-corrected chi connectivity index (χ4v) is 3.53. The zero-order chi connectivity index (χ0) is 14.1. The van der Waals surface area contributed by atoms with Gasteiger partial charge in [0.15, 0.2) is 0 Å². The summed E-state index contributed by atoms with van der Waals surface area (Å²) in [5, 5.41) is 14.0. The maximum absolute atomic E-state index is 9.71. The lowest BCUT2D eigenvalue weighted by Crippen LogP contribution is -2.17. The van der Waals surface area contributed by atoms with Crippen LogP contribution in [0.5, 0.6) is 5.75 Å². The number of fused-ring (bicyclic) bond motifs is 1. The van der Waals surface area contributed by atoms with Crippen molar-refractivity contribution in [2.24, 2.45) is 0 Å². The molecule has 2 N–H and O–H groups in total. The molecule has 1 aliphatic rings. The molecule has 2 nitrogen and oxygen atoms in total. The summed E-state index contributed by atoms with van der Waals surface area (Å²) in [5.41, 5.74) is 3.53. The molecule has 0 saturated carbocycles. The van der Waals surface area contributed by atoms with Gasteiger partial charge in [-0.25, -0.2) is 0 Å². The number of phenolic OH excluding ortho intramolecular Hbond substituents is 1. The predicted molar refractivity (Wildman–Crippen MR) is 86.6 cm³/mol. The van der Waals surface area contributed by atoms with Gasteiger partial charge in [-0.1, -0.05) is 17.7 Å². The topological polar surface area (TPSA) is 32.3 Å². The van der Waals surface area contributed by atoms with Gasteiger partial charge in [0, 0.05) is 15.2 Å². The van der Waals surface area contributed by atoms with E-state index < -0.39 is 0 Å². The molecule has 0 aromatic heterocycles. The van der Waals surface area contributed by atoms with Gasteiger partial charge in [-0.05, 0) is 76.7 Å². The third-order valence-corrected chi connectivity index (χ3v) is 4.60. The molecule has 0 radical (unpaired) electrons. The van der Waals surface area contributed by atoms with Crippen molar-refractivity contribution in [1.29, 1.82) is 0 Å². The fourth-order valence-electron chi connectivity index (χ4n) is 2.73. The van der Waals surface area contributed by atoms with E-state index >= 15 is 0 Å². The third-order valence-electron chi connectivity index (χ3n) is 3.70. The number of benzene rings is 2. The molecule has 0 spiro atoms. The second-order valence-electron chi connectivity index (χ2n) is 5.10. The Balaban J connectivity index is 1.91. The molecular formula is C16H15BrClNO. The molecular weight excluding hydrogens is 338 g/mol. The Labute approximate surface area is 131 Å². The molecule has 0 heterocycles. The Hall–Kier alpha value is -1.19. The molecule has 4 heteroatoms. The van der Waals surface area contributed by atoms with Gasteiger partial charge in [0.05, 0.1) is 6.04 Å². The largest absolute Gasteiger partial charge is 0.508 e. The first kappa shape index (κ1) is 13.8. The lowest BCUT2D eigenvalue weighted by Gasteiger charge is -2.28. The number of rotatable bonds is 2. The molecule has 0 saturated heterocycles. The highest BCUT2D eigenvalue weighted by atomic mass is 79.9. The van der Waals surface area contributed by atoms with Gasteiger partial charge in [-0.15, -0.1) is 0 Å². The van der Waals surface area contributed by atoms with E-state index in [1.807, 2.05) is 30.3 Å². The van der Waals surface area contributed by atoms with Crippen LogP contribution in [-0.4, -0.2) is 5.11 Å². The SMILES string of the molecule is Oc1ccc2c(c1)C(Nc1ccc(Cl)cc1Br)CCC2. The normalized spacial score (nSPS) is 17.6. The van der Waals surface area contributed by atoms with Crippen LogP contribution >= 0.6 is 27.5 Å². The average Bonchev–Trinajstić information content (AvgIpc) is 2.42. The van der Waals surface area contributed by atoms with Crippen LogP contribution in [0.2, 0.25) is 5.02 Å². The summed E-state index contributed by atoms with van der Waals surface area (Å²) in [6.07, 6.45) is 3.29. The molecule has 0 fully saturated rings. The van der Waals surface area contributed by atoms with E-state index in [1.54, 1.807) is 6.07 Å². The summed E-state index contributed by atoms with van der Waals surface area (Å²) in [4.78, 5) is 0. The van der Waals surface area contributed by atoms with E-state index in [4.69, 9.17) is 11.6 Å². The van der Waals surface area contributed by atoms with Crippen LogP contribution < -0.4 is 5.32 Å². The average molecular weight is 353 g/mol. The maximum atomic E-state index is 9.71. The van der Waals surface area contributed by atoms with E-state index in [0.29, 0.717) is 10.8 Å². The van der Waals surface area contributed by atoms with Gasteiger partial charge in [0.2, 0.25) is 0 Å². The fraction of sp³-hybridized carbons (Fsp3) is 0.250. The number of phenols is 1. The highest BCUT2D eigenvalue weighted by Gasteiger charge is 2.21. The van der Waals surface area contributed by atoms with Crippen LogP contribution in [0, 0.1) is 0 Å². The van der Waals surface area contributed by atoms with Gasteiger partial charge in [0.1, 0.15) is 5.75 Å². The first-order chi connectivity index (χ1) is 9.63. The molecule has 20 heavy (non-hydrogen) atoms. The molecule has 3 rings (SSSR count). The molecule has 0 aliphatic heterocycles. The van der Waals surface area contributed by atoms with Crippen molar-refractivity contribution in [1.82, 2.24) is 0 Å². The third kappa shape index (κ3) is 2.79. The highest BCUT2D eigenvalue weighted by molar-refractivity contribution is 9.10. The lowest BCUT2D eigenvalue weighted by molar-refractivity contribution is 0.471. The number of anilines is 1. The summed E-state index contributed by atoms with van der Waals surface area (Å²) in [6, 6.07) is 11.6. The van der Waals surface area contributed by atoms with Crippen LogP contribution in [0.3, 0.4) is 0 Å². The number of nitrogens with one attached hydrogen (secondary N) is 1. The van der Waals surface area contributed by atoms with Crippen molar-refractivity contribution in [3.63, 3.8) is 0 Å². The van der Waals surface area contributed by atoms with Crippen molar-refractivity contribution in [2.75, 3.05) is 5.32 Å². The highest BCUT2D eigenvalue weighted by Crippen LogP contribution is 2.36. The van der Waals surface area contributed by atoms with E-state index in [9.17, 15) is 5.11 Å². The van der Waals surface area contributed by atoms with Crippen molar-refractivity contribution in [3.05, 3.63) is 57.0 Å². The summed E-state index contributed by atoms with van der Waals surface area (Å²) < 4.78 is 0.956. The monoisotopic (exact) mass is 351 g/mol. The Bertz CT molecular complexity index is 644. The minimum absolute atomic E-state index is 0.225. The second-order valence-corrected chi connectivity index (χ2v) is 6.39. The molecule has 2 aromatic rings. The predicted octanol–water partition coefficient (Wildman–Crippen LogP) is 5.30. The standard InChI is InChI=1S/C16H15BrClNO/c17-14-8-11(18)5-7-16(14)19-15-3-1-2-10-4-6-12(20)9-13(10)15/h4-9,15,19-20H,1-3H2. The first-order valence-corrected chi connectivity index (χ1v) is 7.84. The van der Waals surface area contributed by atoms with Crippen molar-refractivity contribution in [3.8, 4) is 5.75 Å². The zero-order valence-corrected chi connectivity index (χ0v) is 13.2. The Morgan fingerprint density at radius 1 is 1.20 bits per heavy atom. The number of halogens is 2. The number of aromatic hydroxyl groups is 1. The van der Waals surface area contributed by atoms with Gasteiger partial charge in [-0.2, -0.15) is 0 Å². The summed E-state index contributed by atoms with van der Waals surface area (Å²) in [5.74, 6) is 0.327. The van der Waals surface area contributed by atoms with E-state index in [-0.39, 0.29) is 6.04 Å². The van der Waals surface area contributed by atoms with Crippen LogP contribution in [0.4, 0.5) is 5.69 Å². The van der Waals surface area contributed by atoms with E-state index in [2.05, 4.69) is 21.2 Å². The van der Waals surface area contributed by atoms with Crippen molar-refractivity contribution >= 4 is 33.2 Å². The van der Waals surface area contributed by atoms with Crippen LogP contribution in [0.1, 0.15) is 30.0 Å². The second kappa shape index (κ2) is 5.66. The molecule has 2 aromatic carbocycles. The van der Waals surface area contributed by atoms with E-state index in [0.717, 1.165) is 29.4 Å². The van der Waals surface area contributed by atoms with Crippen molar-refractivity contribution < 1.29 is 5.11 Å².